The van der Waals surface area contributed by atoms with E-state index in [-0.39, 0.29) is 17.4 Å². The summed E-state index contributed by atoms with van der Waals surface area (Å²) in [5.41, 5.74) is 0. The Labute approximate surface area is 97.8 Å². The van der Waals surface area contributed by atoms with Gasteiger partial charge in [-0.15, -0.1) is 0 Å². The van der Waals surface area contributed by atoms with E-state index in [0.29, 0.717) is 5.75 Å². The molecule has 0 saturated carbocycles. The van der Waals surface area contributed by atoms with Crippen LogP contribution in [0.3, 0.4) is 0 Å². The second-order valence-electron chi connectivity index (χ2n) is 2.87. The number of benzene rings is 1. The summed E-state index contributed by atoms with van der Waals surface area (Å²) >= 11 is 0. The summed E-state index contributed by atoms with van der Waals surface area (Å²) in [4.78, 5) is 10.8. The van der Waals surface area contributed by atoms with Crippen LogP contribution < -0.4 is 10.1 Å². The Balaban J connectivity index is 2.69. The van der Waals surface area contributed by atoms with Crippen molar-refractivity contribution < 1.29 is 17.9 Å². The molecule has 1 amide bonds. The number of hydrogen-bond donors (Lipinski definition) is 1. The first-order valence-corrected chi connectivity index (χ1v) is 6.62. The van der Waals surface area contributed by atoms with Gasteiger partial charge in [0.1, 0.15) is 5.75 Å². The lowest BCUT2D eigenvalue weighted by Gasteiger charge is -2.05. The van der Waals surface area contributed by atoms with Crippen molar-refractivity contribution in [2.45, 2.75) is 4.90 Å². The Morgan fingerprint density at radius 1 is 1.38 bits per heavy atom. The van der Waals surface area contributed by atoms with Crippen LogP contribution in [0.15, 0.2) is 29.2 Å². The van der Waals surface area contributed by atoms with Gasteiger partial charge in [-0.25, -0.2) is 8.42 Å². The normalized spacial score (nSPS) is 10.9. The van der Waals surface area contributed by atoms with Gasteiger partial charge in [0.25, 0.3) is 15.0 Å². The number of hydrogen-bond acceptors (Lipinski definition) is 4. The number of nitrogens with one attached hydrogen (secondary N) is 1. The van der Waals surface area contributed by atoms with Gasteiger partial charge in [0.15, 0.2) is 6.61 Å². The molecular formula is C9H10ClNO4S. The molecule has 1 aromatic carbocycles. The zero-order valence-corrected chi connectivity index (χ0v) is 10.0. The molecule has 0 fully saturated rings. The number of carbonyl (C=O) groups excluding carboxylic acids is 1. The third kappa shape index (κ3) is 3.71. The number of amides is 1. The third-order valence-corrected chi connectivity index (χ3v) is 3.12. The Kier molecular flexibility index (Phi) is 4.14. The molecule has 5 nitrogen and oxygen atoms in total. The standard InChI is InChI=1S/C9H10ClNO4S/c1-11-9(12)6-15-7-2-4-8(5-3-7)16(10,13)14/h2-5H,6H2,1H3,(H,11,12). The number of rotatable bonds is 4. The van der Waals surface area contributed by atoms with Gasteiger partial charge in [-0.2, -0.15) is 0 Å². The molecule has 1 aromatic rings. The van der Waals surface area contributed by atoms with E-state index >= 15 is 0 Å². The van der Waals surface area contributed by atoms with E-state index in [0.717, 1.165) is 0 Å². The molecule has 0 aliphatic carbocycles. The molecule has 16 heavy (non-hydrogen) atoms. The maximum absolute atomic E-state index is 10.9. The minimum atomic E-state index is -3.72. The molecule has 0 saturated heterocycles. The van der Waals surface area contributed by atoms with Crippen LogP contribution in [0.25, 0.3) is 0 Å². The van der Waals surface area contributed by atoms with E-state index in [4.69, 9.17) is 15.4 Å². The van der Waals surface area contributed by atoms with Gasteiger partial charge in [-0.3, -0.25) is 4.79 Å². The topological polar surface area (TPSA) is 72.5 Å². The van der Waals surface area contributed by atoms with Crippen molar-refractivity contribution in [3.05, 3.63) is 24.3 Å². The van der Waals surface area contributed by atoms with E-state index in [1.165, 1.54) is 31.3 Å². The molecule has 7 heteroatoms. The Hall–Kier alpha value is -1.27. The largest absolute Gasteiger partial charge is 0.484 e. The van der Waals surface area contributed by atoms with Crippen LogP contribution in [0.1, 0.15) is 0 Å². The van der Waals surface area contributed by atoms with Crippen LogP contribution in [0.5, 0.6) is 5.75 Å². The summed E-state index contributed by atoms with van der Waals surface area (Å²) in [6.45, 7) is -0.122. The fraction of sp³-hybridized carbons (Fsp3) is 0.222. The first-order valence-electron chi connectivity index (χ1n) is 4.31. The molecule has 1 N–H and O–H groups in total. The molecule has 0 aliphatic rings. The van der Waals surface area contributed by atoms with Gasteiger partial charge in [-0.1, -0.05) is 0 Å². The third-order valence-electron chi connectivity index (χ3n) is 1.75. The summed E-state index contributed by atoms with van der Waals surface area (Å²) in [5.74, 6) is 0.127. The van der Waals surface area contributed by atoms with Gasteiger partial charge in [0.05, 0.1) is 4.90 Å². The number of carbonyl (C=O) groups is 1. The van der Waals surface area contributed by atoms with Crippen LogP contribution in [0, 0.1) is 0 Å². The van der Waals surface area contributed by atoms with E-state index in [9.17, 15) is 13.2 Å². The maximum atomic E-state index is 10.9. The highest BCUT2D eigenvalue weighted by molar-refractivity contribution is 8.13. The quantitative estimate of drug-likeness (QED) is 0.814. The zero-order chi connectivity index (χ0) is 12.2. The van der Waals surface area contributed by atoms with E-state index in [1.807, 2.05) is 0 Å². The molecule has 0 atom stereocenters. The summed E-state index contributed by atoms with van der Waals surface area (Å²) in [5, 5.41) is 2.39. The molecule has 88 valence electrons. The number of likely N-dealkylation sites (N-methyl/N-ethyl adjacent to an activating group) is 1. The molecule has 1 rings (SSSR count). The highest BCUT2D eigenvalue weighted by Gasteiger charge is 2.09. The fourth-order valence-corrected chi connectivity index (χ4v) is 1.69. The van der Waals surface area contributed by atoms with Crippen molar-refractivity contribution in [3.63, 3.8) is 0 Å². The van der Waals surface area contributed by atoms with Crippen LogP contribution >= 0.6 is 10.7 Å². The predicted octanol–water partition coefficient (Wildman–Crippen LogP) is 0.739. The highest BCUT2D eigenvalue weighted by Crippen LogP contribution is 2.18. The van der Waals surface area contributed by atoms with E-state index in [1.54, 1.807) is 0 Å². The summed E-state index contributed by atoms with van der Waals surface area (Å²) in [7, 11) is 2.90. The average molecular weight is 264 g/mol. The van der Waals surface area contributed by atoms with Gasteiger partial charge in [-0.05, 0) is 24.3 Å². The molecule has 0 unspecified atom stereocenters. The van der Waals surface area contributed by atoms with Crippen molar-refractivity contribution in [1.29, 1.82) is 0 Å². The minimum Gasteiger partial charge on any atom is -0.484 e. The fourth-order valence-electron chi connectivity index (χ4n) is 0.919. The molecule has 0 aromatic heterocycles. The lowest BCUT2D eigenvalue weighted by atomic mass is 10.3. The molecule has 0 heterocycles. The summed E-state index contributed by atoms with van der Waals surface area (Å²) in [6, 6.07) is 5.47. The molecule has 0 aliphatic heterocycles. The number of ether oxygens (including phenoxy) is 1. The van der Waals surface area contributed by atoms with Gasteiger partial charge in [0, 0.05) is 17.7 Å². The molecule has 0 bridgehead atoms. The SMILES string of the molecule is CNC(=O)COc1ccc(S(=O)(=O)Cl)cc1. The van der Waals surface area contributed by atoms with Crippen molar-refractivity contribution in [2.75, 3.05) is 13.7 Å². The van der Waals surface area contributed by atoms with Crippen molar-refractivity contribution >= 4 is 25.6 Å². The zero-order valence-electron chi connectivity index (χ0n) is 8.44. The maximum Gasteiger partial charge on any atom is 0.261 e. The average Bonchev–Trinajstić information content (AvgIpc) is 2.25. The molecule has 0 radical (unpaired) electrons. The Morgan fingerprint density at radius 3 is 2.38 bits per heavy atom. The van der Waals surface area contributed by atoms with Crippen molar-refractivity contribution in [1.82, 2.24) is 5.32 Å². The first-order chi connectivity index (χ1) is 7.43. The highest BCUT2D eigenvalue weighted by atomic mass is 35.7. The van der Waals surface area contributed by atoms with Gasteiger partial charge < -0.3 is 10.1 Å². The first kappa shape index (κ1) is 12.8. The van der Waals surface area contributed by atoms with Crippen LogP contribution in [0.2, 0.25) is 0 Å². The molecular weight excluding hydrogens is 254 g/mol. The summed E-state index contributed by atoms with van der Waals surface area (Å²) in [6.07, 6.45) is 0. The van der Waals surface area contributed by atoms with E-state index < -0.39 is 9.05 Å². The Bertz CT molecular complexity index is 469. The monoisotopic (exact) mass is 263 g/mol. The second kappa shape index (κ2) is 5.18. The van der Waals surface area contributed by atoms with Gasteiger partial charge in [0.2, 0.25) is 0 Å². The second-order valence-corrected chi connectivity index (χ2v) is 5.44. The predicted molar refractivity (Wildman–Crippen MR) is 59.0 cm³/mol. The summed E-state index contributed by atoms with van der Waals surface area (Å²) < 4.78 is 26.9. The van der Waals surface area contributed by atoms with Gasteiger partial charge >= 0.3 is 0 Å². The lowest BCUT2D eigenvalue weighted by Crippen LogP contribution is -2.24. The molecule has 0 spiro atoms. The smallest absolute Gasteiger partial charge is 0.261 e. The van der Waals surface area contributed by atoms with Crippen molar-refractivity contribution in [3.8, 4) is 5.75 Å². The van der Waals surface area contributed by atoms with Crippen LogP contribution in [0.4, 0.5) is 0 Å². The van der Waals surface area contributed by atoms with Crippen LogP contribution in [-0.4, -0.2) is 28.0 Å². The lowest BCUT2D eigenvalue weighted by molar-refractivity contribution is -0.122. The van der Waals surface area contributed by atoms with E-state index in [2.05, 4.69) is 5.32 Å². The number of halogens is 1. The minimum absolute atomic E-state index is 0.0125. The van der Waals surface area contributed by atoms with Crippen LogP contribution in [-0.2, 0) is 13.8 Å². The Morgan fingerprint density at radius 2 is 1.94 bits per heavy atom. The van der Waals surface area contributed by atoms with Crippen molar-refractivity contribution in [2.24, 2.45) is 0 Å².